The molecule has 0 radical (unpaired) electrons. The van der Waals surface area contributed by atoms with Crippen molar-refractivity contribution in [3.8, 4) is 0 Å². The number of aryl methyl sites for hydroxylation is 1. The van der Waals surface area contributed by atoms with Gasteiger partial charge in [0.1, 0.15) is 10.4 Å². The lowest BCUT2D eigenvalue weighted by Crippen LogP contribution is -2.68. The Kier molecular flexibility index (Phi) is 3.32. The van der Waals surface area contributed by atoms with Crippen LogP contribution in [-0.4, -0.2) is 66.3 Å². The van der Waals surface area contributed by atoms with Gasteiger partial charge in [-0.25, -0.2) is 8.42 Å². The van der Waals surface area contributed by atoms with Gasteiger partial charge in [0.25, 0.3) is 5.91 Å². The van der Waals surface area contributed by atoms with Crippen molar-refractivity contribution in [2.24, 2.45) is 13.0 Å². The molecule has 0 aromatic carbocycles. The molecule has 21 heavy (non-hydrogen) atoms. The molecule has 1 atom stereocenters. The third-order valence-electron chi connectivity index (χ3n) is 4.60. The molecule has 1 spiro atoms. The number of carbonyl (C=O) groups excluding carboxylic acids is 1. The van der Waals surface area contributed by atoms with E-state index in [9.17, 15) is 13.2 Å². The van der Waals surface area contributed by atoms with Crippen molar-refractivity contribution < 1.29 is 17.9 Å². The van der Waals surface area contributed by atoms with E-state index in [1.54, 1.807) is 36.0 Å². The Morgan fingerprint density at radius 1 is 1.52 bits per heavy atom. The lowest BCUT2D eigenvalue weighted by Gasteiger charge is -2.49. The third-order valence-corrected chi connectivity index (χ3v) is 7.21. The first kappa shape index (κ1) is 14.5. The van der Waals surface area contributed by atoms with Crippen molar-refractivity contribution >= 4 is 15.7 Å². The normalized spacial score (nSPS) is 26.0. The molecule has 2 aliphatic rings. The minimum Gasteiger partial charge on any atom is -0.384 e. The fourth-order valence-corrected chi connectivity index (χ4v) is 5.74. The van der Waals surface area contributed by atoms with E-state index < -0.39 is 14.6 Å². The summed E-state index contributed by atoms with van der Waals surface area (Å²) in [6.45, 7) is 0.919. The molecule has 0 N–H and O–H groups in total. The van der Waals surface area contributed by atoms with Crippen LogP contribution in [0.25, 0.3) is 0 Å². The van der Waals surface area contributed by atoms with Gasteiger partial charge in [-0.2, -0.15) is 5.10 Å². The minimum atomic E-state index is -3.16. The van der Waals surface area contributed by atoms with E-state index in [2.05, 4.69) is 5.10 Å². The Balaban J connectivity index is 1.77. The molecule has 1 aromatic heterocycles. The zero-order valence-electron chi connectivity index (χ0n) is 12.2. The molecule has 2 aliphatic heterocycles. The van der Waals surface area contributed by atoms with Crippen molar-refractivity contribution in [1.82, 2.24) is 14.7 Å². The van der Waals surface area contributed by atoms with Crippen LogP contribution >= 0.6 is 0 Å². The SMILES string of the molecule is COC[C@H]1CCS(=O)(=O)C12CN(C(=O)c1ccn(C)n1)C2. The largest absolute Gasteiger partial charge is 0.384 e. The molecule has 1 aromatic rings. The van der Waals surface area contributed by atoms with E-state index in [1.807, 2.05) is 0 Å². The summed E-state index contributed by atoms with van der Waals surface area (Å²) in [5.41, 5.74) is 0.353. The van der Waals surface area contributed by atoms with Crippen LogP contribution in [0.1, 0.15) is 16.9 Å². The molecule has 0 aliphatic carbocycles. The van der Waals surface area contributed by atoms with Gasteiger partial charge in [0.2, 0.25) is 0 Å². The van der Waals surface area contributed by atoms with Crippen molar-refractivity contribution in [3.05, 3.63) is 18.0 Å². The zero-order valence-corrected chi connectivity index (χ0v) is 13.0. The molecular weight excluding hydrogens is 294 g/mol. The maximum absolute atomic E-state index is 12.3. The average Bonchev–Trinajstić information content (AvgIpc) is 2.90. The van der Waals surface area contributed by atoms with Crippen molar-refractivity contribution in [1.29, 1.82) is 0 Å². The molecule has 7 nitrogen and oxygen atoms in total. The standard InChI is InChI=1S/C13H19N3O4S/c1-15-5-3-11(14-15)12(17)16-8-13(9-16)10(7-20-2)4-6-21(13,18)19/h3,5,10H,4,6-9H2,1-2H3/t10-/m1/s1. The summed E-state index contributed by atoms with van der Waals surface area (Å²) in [6, 6.07) is 1.64. The first-order valence-electron chi connectivity index (χ1n) is 6.90. The van der Waals surface area contributed by atoms with Crippen LogP contribution in [-0.2, 0) is 21.6 Å². The number of nitrogens with zero attached hydrogens (tertiary/aromatic N) is 3. The first-order valence-corrected chi connectivity index (χ1v) is 8.55. The molecule has 2 fully saturated rings. The highest BCUT2D eigenvalue weighted by atomic mass is 32.2. The van der Waals surface area contributed by atoms with Gasteiger partial charge in [-0.15, -0.1) is 0 Å². The summed E-state index contributed by atoms with van der Waals surface area (Å²) in [5, 5.41) is 4.07. The van der Waals surface area contributed by atoms with E-state index in [1.165, 1.54) is 0 Å². The molecule has 3 heterocycles. The fraction of sp³-hybridized carbons (Fsp3) is 0.692. The van der Waals surface area contributed by atoms with Crippen LogP contribution in [0.4, 0.5) is 0 Å². The van der Waals surface area contributed by atoms with Crippen molar-refractivity contribution in [3.63, 3.8) is 0 Å². The highest BCUT2D eigenvalue weighted by Gasteiger charge is 2.62. The number of likely N-dealkylation sites (tertiary alicyclic amines) is 1. The number of methoxy groups -OCH3 is 1. The van der Waals surface area contributed by atoms with Gasteiger partial charge in [-0.05, 0) is 12.5 Å². The summed E-state index contributed by atoms with van der Waals surface area (Å²) in [4.78, 5) is 13.8. The third kappa shape index (κ3) is 2.08. The van der Waals surface area contributed by atoms with Crippen LogP contribution in [0.15, 0.2) is 12.3 Å². The smallest absolute Gasteiger partial charge is 0.274 e. The topological polar surface area (TPSA) is 81.5 Å². The van der Waals surface area contributed by atoms with Gasteiger partial charge >= 0.3 is 0 Å². The van der Waals surface area contributed by atoms with E-state index in [0.29, 0.717) is 18.7 Å². The second-order valence-electron chi connectivity index (χ2n) is 5.86. The summed E-state index contributed by atoms with van der Waals surface area (Å²) < 4.78 is 30.6. The Labute approximate surface area is 123 Å². The van der Waals surface area contributed by atoms with Gasteiger partial charge in [-0.3, -0.25) is 9.48 Å². The Bertz CT molecular complexity index is 661. The number of sulfone groups is 1. The lowest BCUT2D eigenvalue weighted by atomic mass is 9.83. The maximum atomic E-state index is 12.3. The van der Waals surface area contributed by atoms with Gasteiger partial charge in [0.15, 0.2) is 9.84 Å². The lowest BCUT2D eigenvalue weighted by molar-refractivity contribution is 0.0331. The van der Waals surface area contributed by atoms with Gasteiger partial charge < -0.3 is 9.64 Å². The van der Waals surface area contributed by atoms with Gasteiger partial charge in [0.05, 0.1) is 12.4 Å². The molecule has 116 valence electrons. The molecule has 0 saturated carbocycles. The number of rotatable bonds is 3. The highest BCUT2D eigenvalue weighted by Crippen LogP contribution is 2.45. The highest BCUT2D eigenvalue weighted by molar-refractivity contribution is 7.93. The number of ether oxygens (including phenoxy) is 1. The molecule has 0 bridgehead atoms. The van der Waals surface area contributed by atoms with Gasteiger partial charge in [0, 0.05) is 39.4 Å². The van der Waals surface area contributed by atoms with Gasteiger partial charge in [-0.1, -0.05) is 0 Å². The number of aromatic nitrogens is 2. The summed E-state index contributed by atoms with van der Waals surface area (Å²) >= 11 is 0. The minimum absolute atomic E-state index is 0.0275. The van der Waals surface area contributed by atoms with Crippen LogP contribution < -0.4 is 0 Å². The van der Waals surface area contributed by atoms with Crippen LogP contribution in [0.3, 0.4) is 0 Å². The Morgan fingerprint density at radius 2 is 2.24 bits per heavy atom. The van der Waals surface area contributed by atoms with E-state index in [0.717, 1.165) is 0 Å². The molecule has 0 unspecified atom stereocenters. The van der Waals surface area contributed by atoms with E-state index in [4.69, 9.17) is 4.74 Å². The predicted molar refractivity (Wildman–Crippen MR) is 75.6 cm³/mol. The van der Waals surface area contributed by atoms with Crippen LogP contribution in [0, 0.1) is 5.92 Å². The summed E-state index contributed by atoms with van der Waals surface area (Å²) in [6.07, 6.45) is 2.31. The van der Waals surface area contributed by atoms with E-state index >= 15 is 0 Å². The quantitative estimate of drug-likeness (QED) is 0.765. The molecule has 2 saturated heterocycles. The second-order valence-corrected chi connectivity index (χ2v) is 8.31. The summed E-state index contributed by atoms with van der Waals surface area (Å²) in [7, 11) is 0.154. The monoisotopic (exact) mass is 313 g/mol. The Morgan fingerprint density at radius 3 is 2.81 bits per heavy atom. The van der Waals surface area contributed by atoms with E-state index in [-0.39, 0.29) is 30.7 Å². The first-order chi connectivity index (χ1) is 9.89. The molecule has 3 rings (SSSR count). The van der Waals surface area contributed by atoms with Crippen LogP contribution in [0.2, 0.25) is 0 Å². The second kappa shape index (κ2) is 4.81. The molecule has 8 heteroatoms. The van der Waals surface area contributed by atoms with Crippen LogP contribution in [0.5, 0.6) is 0 Å². The molecule has 1 amide bonds. The summed E-state index contributed by atoms with van der Waals surface area (Å²) in [5.74, 6) is -0.0492. The van der Waals surface area contributed by atoms with Crippen molar-refractivity contribution in [2.45, 2.75) is 11.2 Å². The Hall–Kier alpha value is -1.41. The number of hydrogen-bond acceptors (Lipinski definition) is 5. The molecular formula is C13H19N3O4S. The number of carbonyl (C=O) groups is 1. The maximum Gasteiger partial charge on any atom is 0.274 e. The fourth-order valence-electron chi connectivity index (χ4n) is 3.34. The zero-order chi connectivity index (χ0) is 15.3. The predicted octanol–water partition coefficient (Wildman–Crippen LogP) is -0.304. The number of amides is 1. The average molecular weight is 313 g/mol. The van der Waals surface area contributed by atoms with Crippen molar-refractivity contribution in [2.75, 3.05) is 32.6 Å². The number of hydrogen-bond donors (Lipinski definition) is 0.